The molecule has 0 aromatic heterocycles. The molecule has 0 saturated heterocycles. The second kappa shape index (κ2) is 3.70. The largest absolute Gasteiger partial charge is 0.307 e. The van der Waals surface area contributed by atoms with Gasteiger partial charge in [0, 0.05) is 12.1 Å². The van der Waals surface area contributed by atoms with Gasteiger partial charge in [0.15, 0.2) is 0 Å². The van der Waals surface area contributed by atoms with Crippen molar-refractivity contribution >= 4 is 0 Å². The third-order valence-electron chi connectivity index (χ3n) is 2.90. The number of rotatable bonds is 1. The summed E-state index contributed by atoms with van der Waals surface area (Å²) in [6.45, 7) is 4.30. The van der Waals surface area contributed by atoms with Gasteiger partial charge in [-0.3, -0.25) is 0 Å². The van der Waals surface area contributed by atoms with Gasteiger partial charge in [0.2, 0.25) is 0 Å². The summed E-state index contributed by atoms with van der Waals surface area (Å²) in [7, 11) is 0. The van der Waals surface area contributed by atoms with Crippen molar-refractivity contribution in [2.45, 2.75) is 38.8 Å². The normalized spacial score (nSPS) is 25.9. The van der Waals surface area contributed by atoms with Crippen LogP contribution in [0.4, 0.5) is 4.39 Å². The van der Waals surface area contributed by atoms with E-state index in [9.17, 15) is 4.39 Å². The molecule has 1 aromatic rings. The van der Waals surface area contributed by atoms with Gasteiger partial charge in [-0.1, -0.05) is 13.0 Å². The number of fused-ring (bicyclic) bond motifs is 1. The fraction of sp³-hybridized carbons (Fsp3) is 0.500. The molecule has 0 saturated carbocycles. The first-order valence-electron chi connectivity index (χ1n) is 5.25. The molecule has 0 amide bonds. The topological polar surface area (TPSA) is 12.0 Å². The zero-order valence-corrected chi connectivity index (χ0v) is 8.68. The average Bonchev–Trinajstić information content (AvgIpc) is 2.15. The lowest BCUT2D eigenvalue weighted by Gasteiger charge is -2.30. The van der Waals surface area contributed by atoms with Crippen LogP contribution in [-0.4, -0.2) is 6.04 Å². The molecule has 1 N–H and O–H groups in total. The van der Waals surface area contributed by atoms with Crippen molar-refractivity contribution in [3.05, 3.63) is 35.1 Å². The first-order chi connectivity index (χ1) is 6.70. The van der Waals surface area contributed by atoms with Crippen LogP contribution in [-0.2, 0) is 6.42 Å². The minimum atomic E-state index is -0.118. The summed E-state index contributed by atoms with van der Waals surface area (Å²) in [5.41, 5.74) is 2.44. The standard InChI is InChI=1S/C12H16FN/c1-3-12-11-5-4-10(13)7-9(11)6-8(2)14-12/h4-5,7-8,12,14H,3,6H2,1-2H3. The zero-order chi connectivity index (χ0) is 10.1. The van der Waals surface area contributed by atoms with E-state index < -0.39 is 0 Å². The van der Waals surface area contributed by atoms with E-state index in [1.54, 1.807) is 12.1 Å². The number of benzene rings is 1. The molecule has 1 heterocycles. The molecule has 0 bridgehead atoms. The minimum Gasteiger partial charge on any atom is -0.307 e. The molecule has 1 nitrogen and oxygen atoms in total. The molecule has 1 aromatic carbocycles. The number of nitrogens with one attached hydrogen (secondary N) is 1. The molecule has 14 heavy (non-hydrogen) atoms. The summed E-state index contributed by atoms with van der Waals surface area (Å²) >= 11 is 0. The van der Waals surface area contributed by atoms with E-state index in [1.165, 1.54) is 11.1 Å². The molecule has 2 heteroatoms. The van der Waals surface area contributed by atoms with Crippen molar-refractivity contribution in [1.82, 2.24) is 5.32 Å². The van der Waals surface area contributed by atoms with Crippen molar-refractivity contribution in [3.63, 3.8) is 0 Å². The fourth-order valence-electron chi connectivity index (χ4n) is 2.25. The molecule has 2 rings (SSSR count). The molecule has 0 fully saturated rings. The van der Waals surface area contributed by atoms with Crippen LogP contribution in [0.5, 0.6) is 0 Å². The first-order valence-corrected chi connectivity index (χ1v) is 5.25. The Bertz CT molecular complexity index is 335. The molecule has 2 atom stereocenters. The molecule has 76 valence electrons. The molecule has 1 aliphatic rings. The van der Waals surface area contributed by atoms with Crippen molar-refractivity contribution < 1.29 is 4.39 Å². The first kappa shape index (κ1) is 9.66. The van der Waals surface area contributed by atoms with Crippen molar-refractivity contribution in [2.75, 3.05) is 0 Å². The maximum atomic E-state index is 13.0. The smallest absolute Gasteiger partial charge is 0.123 e. The summed E-state index contributed by atoms with van der Waals surface area (Å²) in [4.78, 5) is 0. The van der Waals surface area contributed by atoms with Gasteiger partial charge in [0.1, 0.15) is 5.82 Å². The van der Waals surface area contributed by atoms with Crippen LogP contribution in [0.3, 0.4) is 0 Å². The Balaban J connectivity index is 2.40. The van der Waals surface area contributed by atoms with Crippen molar-refractivity contribution in [2.24, 2.45) is 0 Å². The monoisotopic (exact) mass is 193 g/mol. The average molecular weight is 193 g/mol. The molecular weight excluding hydrogens is 177 g/mol. The lowest BCUT2D eigenvalue weighted by atomic mass is 9.89. The summed E-state index contributed by atoms with van der Waals surface area (Å²) in [5, 5.41) is 3.52. The summed E-state index contributed by atoms with van der Waals surface area (Å²) in [5.74, 6) is -0.118. The fourth-order valence-corrected chi connectivity index (χ4v) is 2.25. The third kappa shape index (κ3) is 1.67. The van der Waals surface area contributed by atoms with Crippen molar-refractivity contribution in [3.8, 4) is 0 Å². The highest BCUT2D eigenvalue weighted by atomic mass is 19.1. The Hall–Kier alpha value is -0.890. The van der Waals surface area contributed by atoms with Crippen molar-refractivity contribution in [1.29, 1.82) is 0 Å². The Labute approximate surface area is 84.3 Å². The van der Waals surface area contributed by atoms with Gasteiger partial charge in [0.25, 0.3) is 0 Å². The third-order valence-corrected chi connectivity index (χ3v) is 2.90. The van der Waals surface area contributed by atoms with E-state index in [4.69, 9.17) is 0 Å². The molecule has 0 radical (unpaired) electrons. The van der Waals surface area contributed by atoms with Gasteiger partial charge in [0.05, 0.1) is 0 Å². The highest BCUT2D eigenvalue weighted by Crippen LogP contribution is 2.27. The van der Waals surface area contributed by atoms with Crippen LogP contribution < -0.4 is 5.32 Å². The van der Waals surface area contributed by atoms with Crippen LogP contribution >= 0.6 is 0 Å². The van der Waals surface area contributed by atoms with E-state index in [2.05, 4.69) is 19.2 Å². The van der Waals surface area contributed by atoms with Crippen LogP contribution in [0.25, 0.3) is 0 Å². The molecule has 1 aliphatic heterocycles. The van der Waals surface area contributed by atoms with Gasteiger partial charge < -0.3 is 5.32 Å². The Kier molecular flexibility index (Phi) is 2.55. The van der Waals surface area contributed by atoms with E-state index >= 15 is 0 Å². The summed E-state index contributed by atoms with van der Waals surface area (Å²) in [6.07, 6.45) is 1.99. The molecule has 0 aliphatic carbocycles. The number of hydrogen-bond acceptors (Lipinski definition) is 1. The van der Waals surface area contributed by atoms with Crippen LogP contribution in [0.15, 0.2) is 18.2 Å². The Morgan fingerprint density at radius 1 is 1.50 bits per heavy atom. The SMILES string of the molecule is CCC1NC(C)Cc2cc(F)ccc21. The van der Waals surface area contributed by atoms with E-state index in [0.29, 0.717) is 12.1 Å². The highest BCUT2D eigenvalue weighted by Gasteiger charge is 2.22. The lowest BCUT2D eigenvalue weighted by Crippen LogP contribution is -2.37. The van der Waals surface area contributed by atoms with Gasteiger partial charge in [-0.25, -0.2) is 4.39 Å². The zero-order valence-electron chi connectivity index (χ0n) is 8.68. The summed E-state index contributed by atoms with van der Waals surface area (Å²) in [6, 6.07) is 6.00. The van der Waals surface area contributed by atoms with Gasteiger partial charge in [-0.05, 0) is 43.0 Å². The van der Waals surface area contributed by atoms with E-state index in [1.807, 2.05) is 6.07 Å². The van der Waals surface area contributed by atoms with Gasteiger partial charge >= 0.3 is 0 Å². The second-order valence-electron chi connectivity index (χ2n) is 4.08. The molecular formula is C12H16FN. The second-order valence-corrected chi connectivity index (χ2v) is 4.08. The Morgan fingerprint density at radius 3 is 3.00 bits per heavy atom. The van der Waals surface area contributed by atoms with Gasteiger partial charge in [-0.2, -0.15) is 0 Å². The van der Waals surface area contributed by atoms with Gasteiger partial charge in [-0.15, -0.1) is 0 Å². The predicted molar refractivity (Wildman–Crippen MR) is 55.7 cm³/mol. The summed E-state index contributed by atoms with van der Waals surface area (Å²) < 4.78 is 13.0. The van der Waals surface area contributed by atoms with Crippen LogP contribution in [0.2, 0.25) is 0 Å². The van der Waals surface area contributed by atoms with E-state index in [-0.39, 0.29) is 5.82 Å². The van der Waals surface area contributed by atoms with Crippen LogP contribution in [0, 0.1) is 5.82 Å². The van der Waals surface area contributed by atoms with E-state index in [0.717, 1.165) is 12.8 Å². The maximum Gasteiger partial charge on any atom is 0.123 e. The number of hydrogen-bond donors (Lipinski definition) is 1. The number of halogens is 1. The highest BCUT2D eigenvalue weighted by molar-refractivity contribution is 5.33. The molecule has 2 unspecified atom stereocenters. The lowest BCUT2D eigenvalue weighted by molar-refractivity contribution is 0.412. The minimum absolute atomic E-state index is 0.118. The quantitative estimate of drug-likeness (QED) is 0.723. The van der Waals surface area contributed by atoms with Crippen LogP contribution in [0.1, 0.15) is 37.4 Å². The molecule has 0 spiro atoms. The predicted octanol–water partition coefficient (Wildman–Crippen LogP) is 2.81. The maximum absolute atomic E-state index is 13.0. The Morgan fingerprint density at radius 2 is 2.29 bits per heavy atom.